The monoisotopic (exact) mass is 247 g/mol. The van der Waals surface area contributed by atoms with Crippen molar-refractivity contribution in [3.05, 3.63) is 29.8 Å². The Balaban J connectivity index is 2.18. The molecule has 0 fully saturated rings. The van der Waals surface area contributed by atoms with E-state index in [-0.39, 0.29) is 24.1 Å². The van der Waals surface area contributed by atoms with E-state index in [0.29, 0.717) is 17.9 Å². The molecule has 0 aliphatic carbocycles. The summed E-state index contributed by atoms with van der Waals surface area (Å²) in [6.45, 7) is 2.07. The van der Waals surface area contributed by atoms with E-state index >= 15 is 0 Å². The molecule has 1 aromatic carbocycles. The summed E-state index contributed by atoms with van der Waals surface area (Å²) < 4.78 is 4.86. The first-order valence-electron chi connectivity index (χ1n) is 5.55. The molecular weight excluding hydrogens is 234 g/mol. The molecule has 1 aromatic rings. The number of carbonyl (C=O) groups excluding carboxylic acids is 2. The number of anilines is 1. The molecule has 1 aliphatic rings. The van der Waals surface area contributed by atoms with Crippen LogP contribution in [-0.2, 0) is 9.53 Å². The van der Waals surface area contributed by atoms with Gasteiger partial charge in [0.25, 0.3) is 5.91 Å². The summed E-state index contributed by atoms with van der Waals surface area (Å²) in [5, 5.41) is 5.14. The molecule has 0 aromatic heterocycles. The van der Waals surface area contributed by atoms with Crippen LogP contribution < -0.4 is 10.7 Å². The van der Waals surface area contributed by atoms with Gasteiger partial charge in [-0.05, 0) is 31.2 Å². The number of hydrogen-bond acceptors (Lipinski definition) is 5. The van der Waals surface area contributed by atoms with Crippen LogP contribution in [0.4, 0.5) is 5.69 Å². The van der Waals surface area contributed by atoms with Crippen LogP contribution in [0.5, 0.6) is 0 Å². The van der Waals surface area contributed by atoms with E-state index in [1.54, 1.807) is 31.2 Å². The fourth-order valence-corrected chi connectivity index (χ4v) is 1.60. The van der Waals surface area contributed by atoms with E-state index in [1.165, 1.54) is 5.01 Å². The van der Waals surface area contributed by atoms with Crippen LogP contribution in [0.25, 0.3) is 0 Å². The van der Waals surface area contributed by atoms with Gasteiger partial charge < -0.3 is 10.5 Å². The highest BCUT2D eigenvalue weighted by Gasteiger charge is 2.23. The molecule has 1 heterocycles. The summed E-state index contributed by atoms with van der Waals surface area (Å²) in [5.74, 6) is -0.286. The maximum absolute atomic E-state index is 11.5. The van der Waals surface area contributed by atoms with Gasteiger partial charge in [-0.1, -0.05) is 0 Å². The largest absolute Gasteiger partial charge is 0.462 e. The third-order valence-electron chi connectivity index (χ3n) is 2.42. The van der Waals surface area contributed by atoms with Gasteiger partial charge in [0.15, 0.2) is 0 Å². The summed E-state index contributed by atoms with van der Waals surface area (Å²) in [6.07, 6.45) is 0.125. The van der Waals surface area contributed by atoms with Crippen LogP contribution in [0, 0.1) is 0 Å². The van der Waals surface area contributed by atoms with Crippen LogP contribution in [0.2, 0.25) is 0 Å². The molecule has 2 N–H and O–H groups in total. The molecule has 0 radical (unpaired) electrons. The molecule has 6 heteroatoms. The first-order chi connectivity index (χ1) is 8.61. The molecule has 6 nitrogen and oxygen atoms in total. The van der Waals surface area contributed by atoms with Crippen molar-refractivity contribution in [3.63, 3.8) is 0 Å². The lowest BCUT2D eigenvalue weighted by Crippen LogP contribution is -2.19. The van der Waals surface area contributed by atoms with Gasteiger partial charge in [-0.25, -0.2) is 4.79 Å². The van der Waals surface area contributed by atoms with E-state index in [9.17, 15) is 9.59 Å². The van der Waals surface area contributed by atoms with Gasteiger partial charge in [-0.2, -0.15) is 10.1 Å². The van der Waals surface area contributed by atoms with E-state index in [0.717, 1.165) is 0 Å². The van der Waals surface area contributed by atoms with E-state index in [4.69, 9.17) is 10.5 Å². The zero-order chi connectivity index (χ0) is 13.1. The van der Waals surface area contributed by atoms with Gasteiger partial charge >= 0.3 is 5.97 Å². The van der Waals surface area contributed by atoms with E-state index < -0.39 is 0 Å². The molecule has 1 amide bonds. The SMILES string of the molecule is CCOC(=O)c1ccc(N2N=C(N)CC2=O)cc1. The Morgan fingerprint density at radius 1 is 1.44 bits per heavy atom. The van der Waals surface area contributed by atoms with Crippen molar-refractivity contribution in [2.45, 2.75) is 13.3 Å². The third kappa shape index (κ3) is 2.32. The number of hydrogen-bond donors (Lipinski definition) is 1. The smallest absolute Gasteiger partial charge is 0.338 e. The van der Waals surface area contributed by atoms with Crippen LogP contribution in [0.1, 0.15) is 23.7 Å². The van der Waals surface area contributed by atoms with Gasteiger partial charge in [0.1, 0.15) is 5.84 Å². The van der Waals surface area contributed by atoms with Crippen molar-refractivity contribution in [2.75, 3.05) is 11.6 Å². The quantitative estimate of drug-likeness (QED) is 0.803. The fourth-order valence-electron chi connectivity index (χ4n) is 1.60. The molecule has 94 valence electrons. The number of amides is 1. The molecule has 0 atom stereocenters. The van der Waals surface area contributed by atoms with Crippen molar-refractivity contribution < 1.29 is 14.3 Å². The maximum Gasteiger partial charge on any atom is 0.338 e. The minimum absolute atomic E-state index is 0.125. The van der Waals surface area contributed by atoms with Gasteiger partial charge in [0, 0.05) is 0 Å². The lowest BCUT2D eigenvalue weighted by molar-refractivity contribution is -0.116. The van der Waals surface area contributed by atoms with Gasteiger partial charge in [0.2, 0.25) is 0 Å². The maximum atomic E-state index is 11.5. The molecule has 1 aliphatic heterocycles. The Morgan fingerprint density at radius 3 is 2.61 bits per heavy atom. The van der Waals surface area contributed by atoms with E-state index in [2.05, 4.69) is 5.10 Å². The zero-order valence-corrected chi connectivity index (χ0v) is 9.92. The van der Waals surface area contributed by atoms with Gasteiger partial charge in [-0.15, -0.1) is 0 Å². The van der Waals surface area contributed by atoms with Gasteiger partial charge in [-0.3, -0.25) is 4.79 Å². The number of hydrazone groups is 1. The molecule has 2 rings (SSSR count). The number of nitrogens with zero attached hydrogens (tertiary/aromatic N) is 2. The molecular formula is C12H13N3O3. The van der Waals surface area contributed by atoms with Crippen LogP contribution in [0.3, 0.4) is 0 Å². The Kier molecular flexibility index (Phi) is 3.27. The summed E-state index contributed by atoms with van der Waals surface area (Å²) in [7, 11) is 0. The summed E-state index contributed by atoms with van der Waals surface area (Å²) in [6, 6.07) is 6.44. The predicted molar refractivity (Wildman–Crippen MR) is 66.1 cm³/mol. The Morgan fingerprint density at radius 2 is 2.11 bits per heavy atom. The average Bonchev–Trinajstić information content (AvgIpc) is 2.69. The Labute approximate surface area is 104 Å². The van der Waals surface area contributed by atoms with Gasteiger partial charge in [0.05, 0.1) is 24.3 Å². The third-order valence-corrected chi connectivity index (χ3v) is 2.42. The lowest BCUT2D eigenvalue weighted by atomic mass is 10.2. The second-order valence-corrected chi connectivity index (χ2v) is 3.74. The van der Waals surface area contributed by atoms with Crippen LogP contribution in [-0.4, -0.2) is 24.3 Å². The first-order valence-corrected chi connectivity index (χ1v) is 5.55. The van der Waals surface area contributed by atoms with Crippen molar-refractivity contribution in [2.24, 2.45) is 10.8 Å². The summed E-state index contributed by atoms with van der Waals surface area (Å²) >= 11 is 0. The highest BCUT2D eigenvalue weighted by Crippen LogP contribution is 2.20. The Hall–Kier alpha value is -2.37. The summed E-state index contributed by atoms with van der Waals surface area (Å²) in [5.41, 5.74) is 6.50. The van der Waals surface area contributed by atoms with Crippen molar-refractivity contribution in [1.29, 1.82) is 0 Å². The number of ether oxygens (including phenoxy) is 1. The van der Waals surface area contributed by atoms with Crippen LogP contribution >= 0.6 is 0 Å². The number of carbonyl (C=O) groups is 2. The van der Waals surface area contributed by atoms with Crippen molar-refractivity contribution >= 4 is 23.4 Å². The number of rotatable bonds is 3. The standard InChI is InChI=1S/C12H13N3O3/c1-2-18-12(17)8-3-5-9(6-4-8)15-11(16)7-10(13)14-15/h3-6H,2,7H2,1H3,(H2,13,14). The highest BCUT2D eigenvalue weighted by molar-refractivity contribution is 6.11. The number of amidine groups is 1. The van der Waals surface area contributed by atoms with E-state index in [1.807, 2.05) is 0 Å². The van der Waals surface area contributed by atoms with Crippen molar-refractivity contribution in [3.8, 4) is 0 Å². The predicted octanol–water partition coefficient (Wildman–Crippen LogP) is 0.872. The highest BCUT2D eigenvalue weighted by atomic mass is 16.5. The topological polar surface area (TPSA) is 85.0 Å². The number of esters is 1. The van der Waals surface area contributed by atoms with Crippen LogP contribution in [0.15, 0.2) is 29.4 Å². The zero-order valence-electron chi connectivity index (χ0n) is 9.92. The molecule has 0 unspecified atom stereocenters. The number of benzene rings is 1. The fraction of sp³-hybridized carbons (Fsp3) is 0.250. The second kappa shape index (κ2) is 4.87. The summed E-state index contributed by atoms with van der Waals surface area (Å²) in [4.78, 5) is 23.0. The molecule has 0 bridgehead atoms. The average molecular weight is 247 g/mol. The molecule has 0 saturated carbocycles. The minimum atomic E-state index is -0.389. The lowest BCUT2D eigenvalue weighted by Gasteiger charge is -2.11. The first kappa shape index (κ1) is 12.1. The molecule has 0 spiro atoms. The minimum Gasteiger partial charge on any atom is -0.462 e. The Bertz CT molecular complexity index is 508. The normalized spacial score (nSPS) is 14.6. The molecule has 18 heavy (non-hydrogen) atoms. The van der Waals surface area contributed by atoms with Crippen molar-refractivity contribution in [1.82, 2.24) is 0 Å². The molecule has 0 saturated heterocycles. The second-order valence-electron chi connectivity index (χ2n) is 3.74. The number of nitrogens with two attached hydrogens (primary N) is 1.